The van der Waals surface area contributed by atoms with Gasteiger partial charge in [-0.05, 0) is 37.9 Å². The van der Waals surface area contributed by atoms with Crippen LogP contribution in [-0.4, -0.2) is 30.6 Å². The number of nitrogens with one attached hydrogen (secondary N) is 1. The molecule has 3 heterocycles. The molecule has 100 valence electrons. The molecule has 0 saturated carbocycles. The molecule has 2 nitrogen and oxygen atoms in total. The summed E-state index contributed by atoms with van der Waals surface area (Å²) < 4.78 is 13.5. The fraction of sp³-hybridized carbons (Fsp3) is 0.571. The summed E-state index contributed by atoms with van der Waals surface area (Å²) in [6, 6.07) is 7.60. The summed E-state index contributed by atoms with van der Waals surface area (Å²) >= 11 is 0. The number of rotatable bonds is 3. The highest BCUT2D eigenvalue weighted by Crippen LogP contribution is 2.27. The van der Waals surface area contributed by atoms with Crippen LogP contribution in [0.4, 0.5) is 4.39 Å². The summed E-state index contributed by atoms with van der Waals surface area (Å²) in [4.78, 5) is 2.51. The summed E-state index contributed by atoms with van der Waals surface area (Å²) in [6.45, 7) is 4.30. The van der Waals surface area contributed by atoms with Gasteiger partial charge in [-0.2, -0.15) is 0 Å². The fourth-order valence-corrected chi connectivity index (χ4v) is 3.08. The van der Waals surface area contributed by atoms with Crippen LogP contribution in [0.3, 0.4) is 0 Å². The van der Waals surface area contributed by atoms with Gasteiger partial charge in [0.1, 0.15) is 5.82 Å². The zero-order valence-corrected chi connectivity index (χ0v) is 11.3. The van der Waals surface area contributed by atoms with E-state index in [1.807, 2.05) is 12.1 Å². The maximum atomic E-state index is 13.5. The van der Waals surface area contributed by atoms with Crippen molar-refractivity contribution in [2.45, 2.75) is 25.4 Å². The van der Waals surface area contributed by atoms with Crippen molar-refractivity contribution in [1.29, 1.82) is 0 Å². The first-order chi connectivity index (χ1) is 8.33. The molecule has 1 aromatic carbocycles. The molecule has 0 amide bonds. The summed E-state index contributed by atoms with van der Waals surface area (Å²) in [7, 11) is 0. The molecule has 1 unspecified atom stereocenters. The second-order valence-electron chi connectivity index (χ2n) is 5.22. The lowest BCUT2D eigenvalue weighted by atomic mass is 9.84. The largest absolute Gasteiger partial charge is 0.308 e. The van der Waals surface area contributed by atoms with Gasteiger partial charge in [-0.1, -0.05) is 18.2 Å². The molecule has 0 aromatic heterocycles. The van der Waals surface area contributed by atoms with Crippen LogP contribution >= 0.6 is 12.4 Å². The molecule has 4 heteroatoms. The van der Waals surface area contributed by atoms with E-state index in [2.05, 4.69) is 10.2 Å². The zero-order valence-electron chi connectivity index (χ0n) is 10.4. The van der Waals surface area contributed by atoms with Gasteiger partial charge < -0.3 is 10.2 Å². The number of benzene rings is 1. The van der Waals surface area contributed by atoms with Crippen LogP contribution in [-0.2, 0) is 6.54 Å². The number of piperidine rings is 3. The van der Waals surface area contributed by atoms with Gasteiger partial charge in [0.15, 0.2) is 0 Å². The van der Waals surface area contributed by atoms with E-state index in [-0.39, 0.29) is 18.2 Å². The van der Waals surface area contributed by atoms with Gasteiger partial charge >= 0.3 is 0 Å². The number of hydrogen-bond donors (Lipinski definition) is 1. The fourth-order valence-electron chi connectivity index (χ4n) is 3.08. The van der Waals surface area contributed by atoms with Crippen molar-refractivity contribution in [3.8, 4) is 0 Å². The van der Waals surface area contributed by atoms with Crippen LogP contribution < -0.4 is 5.32 Å². The Kier molecular flexibility index (Phi) is 4.60. The average Bonchev–Trinajstić information content (AvgIpc) is 2.39. The SMILES string of the molecule is Cl.Fc1ccccc1CNC1CN2CCC1CC2. The van der Waals surface area contributed by atoms with Gasteiger partial charge in [-0.3, -0.25) is 0 Å². The third-order valence-electron chi connectivity index (χ3n) is 4.17. The van der Waals surface area contributed by atoms with Gasteiger partial charge in [0, 0.05) is 24.7 Å². The topological polar surface area (TPSA) is 15.3 Å². The molecular weight excluding hydrogens is 251 g/mol. The highest BCUT2D eigenvalue weighted by molar-refractivity contribution is 5.85. The Morgan fingerprint density at radius 3 is 2.56 bits per heavy atom. The average molecular weight is 271 g/mol. The van der Waals surface area contributed by atoms with E-state index in [1.54, 1.807) is 6.07 Å². The molecule has 0 spiro atoms. The van der Waals surface area contributed by atoms with Crippen LogP contribution in [0, 0.1) is 11.7 Å². The van der Waals surface area contributed by atoms with E-state index >= 15 is 0 Å². The van der Waals surface area contributed by atoms with Gasteiger partial charge in [0.2, 0.25) is 0 Å². The molecule has 4 rings (SSSR count). The molecular formula is C14H20ClFN2. The van der Waals surface area contributed by atoms with Crippen LogP contribution in [0.2, 0.25) is 0 Å². The quantitative estimate of drug-likeness (QED) is 0.908. The molecule has 3 aliphatic rings. The van der Waals surface area contributed by atoms with Crippen molar-refractivity contribution < 1.29 is 4.39 Å². The van der Waals surface area contributed by atoms with Crippen molar-refractivity contribution >= 4 is 12.4 Å². The van der Waals surface area contributed by atoms with E-state index in [1.165, 1.54) is 32.0 Å². The molecule has 2 bridgehead atoms. The van der Waals surface area contributed by atoms with Gasteiger partial charge in [0.25, 0.3) is 0 Å². The molecule has 3 saturated heterocycles. The molecule has 1 N–H and O–H groups in total. The van der Waals surface area contributed by atoms with Crippen LogP contribution in [0.1, 0.15) is 18.4 Å². The van der Waals surface area contributed by atoms with Crippen molar-refractivity contribution in [3.63, 3.8) is 0 Å². The Hall–Kier alpha value is -0.640. The van der Waals surface area contributed by atoms with Crippen LogP contribution in [0.15, 0.2) is 24.3 Å². The van der Waals surface area contributed by atoms with Crippen molar-refractivity contribution in [2.24, 2.45) is 5.92 Å². The van der Waals surface area contributed by atoms with E-state index in [0.29, 0.717) is 12.6 Å². The van der Waals surface area contributed by atoms with Gasteiger partial charge in [-0.25, -0.2) is 4.39 Å². The lowest BCUT2D eigenvalue weighted by Gasteiger charge is -2.45. The smallest absolute Gasteiger partial charge is 0.127 e. The Morgan fingerprint density at radius 1 is 1.22 bits per heavy atom. The Labute approximate surface area is 114 Å². The predicted octanol–water partition coefficient (Wildman–Crippen LogP) is 2.43. The number of halogens is 2. The highest BCUT2D eigenvalue weighted by atomic mass is 35.5. The van der Waals surface area contributed by atoms with E-state index in [9.17, 15) is 4.39 Å². The molecule has 1 atom stereocenters. The first kappa shape index (κ1) is 13.8. The lowest BCUT2D eigenvalue weighted by Crippen LogP contribution is -2.55. The molecule has 0 radical (unpaired) electrons. The van der Waals surface area contributed by atoms with E-state index in [4.69, 9.17) is 0 Å². The lowest BCUT2D eigenvalue weighted by molar-refractivity contribution is 0.0719. The third kappa shape index (κ3) is 2.85. The van der Waals surface area contributed by atoms with Crippen LogP contribution in [0.25, 0.3) is 0 Å². The second kappa shape index (κ2) is 6.00. The summed E-state index contributed by atoms with van der Waals surface area (Å²) in [5.41, 5.74) is 0.781. The van der Waals surface area contributed by atoms with Gasteiger partial charge in [0.05, 0.1) is 0 Å². The summed E-state index contributed by atoms with van der Waals surface area (Å²) in [5, 5.41) is 3.53. The van der Waals surface area contributed by atoms with Gasteiger partial charge in [-0.15, -0.1) is 12.4 Å². The molecule has 3 aliphatic heterocycles. The monoisotopic (exact) mass is 270 g/mol. The third-order valence-corrected chi connectivity index (χ3v) is 4.17. The van der Waals surface area contributed by atoms with E-state index < -0.39 is 0 Å². The maximum absolute atomic E-state index is 13.5. The zero-order chi connectivity index (χ0) is 11.7. The van der Waals surface area contributed by atoms with Crippen molar-refractivity contribution in [1.82, 2.24) is 10.2 Å². The first-order valence-corrected chi connectivity index (χ1v) is 6.52. The van der Waals surface area contributed by atoms with Crippen LogP contribution in [0.5, 0.6) is 0 Å². The number of fused-ring (bicyclic) bond motifs is 3. The minimum absolute atomic E-state index is 0. The van der Waals surface area contributed by atoms with Crippen molar-refractivity contribution in [3.05, 3.63) is 35.6 Å². The minimum Gasteiger partial charge on any atom is -0.308 e. The highest BCUT2D eigenvalue weighted by Gasteiger charge is 2.33. The first-order valence-electron chi connectivity index (χ1n) is 6.52. The Bertz CT molecular complexity index is 391. The number of hydrogen-bond acceptors (Lipinski definition) is 2. The summed E-state index contributed by atoms with van der Waals surface area (Å²) in [5.74, 6) is 0.702. The molecule has 0 aliphatic carbocycles. The minimum atomic E-state index is -0.0960. The standard InChI is InChI=1S/C14H19FN2.ClH/c15-13-4-2-1-3-12(13)9-16-14-10-17-7-5-11(14)6-8-17;/h1-4,11,14,16H,5-10H2;1H. The van der Waals surface area contributed by atoms with Crippen molar-refractivity contribution in [2.75, 3.05) is 19.6 Å². The summed E-state index contributed by atoms with van der Waals surface area (Å²) in [6.07, 6.45) is 2.60. The molecule has 3 fully saturated rings. The Morgan fingerprint density at radius 2 is 1.94 bits per heavy atom. The maximum Gasteiger partial charge on any atom is 0.127 e. The second-order valence-corrected chi connectivity index (χ2v) is 5.22. The Balaban J connectivity index is 0.00000120. The number of nitrogens with zero attached hydrogens (tertiary/aromatic N) is 1. The normalized spacial score (nSPS) is 29.9. The predicted molar refractivity (Wildman–Crippen MR) is 73.4 cm³/mol. The van der Waals surface area contributed by atoms with E-state index in [0.717, 1.165) is 18.0 Å². The molecule has 18 heavy (non-hydrogen) atoms. The molecule has 1 aromatic rings.